The van der Waals surface area contributed by atoms with Gasteiger partial charge in [0.05, 0.1) is 0 Å². The largest absolute Gasteiger partial charge is 0.508 e. The van der Waals surface area contributed by atoms with Gasteiger partial charge in [-0.3, -0.25) is 14.6 Å². The third kappa shape index (κ3) is 18.4. The Bertz CT molecular complexity index is 4030. The van der Waals surface area contributed by atoms with Gasteiger partial charge in [0.2, 0.25) is 0 Å². The lowest BCUT2D eigenvalue weighted by molar-refractivity contribution is -0.136. The van der Waals surface area contributed by atoms with E-state index in [2.05, 4.69) is 162 Å². The molecule has 3 unspecified atom stereocenters. The first-order chi connectivity index (χ1) is 48.9. The number of hydrogen-bond acceptors (Lipinski definition) is 9. The van der Waals surface area contributed by atoms with Crippen molar-refractivity contribution < 1.29 is 35.4 Å². The molecule has 5 fully saturated rings. The van der Waals surface area contributed by atoms with Crippen molar-refractivity contribution in [3.05, 3.63) is 303 Å². The highest BCUT2D eigenvalue weighted by molar-refractivity contribution is 6.01. The van der Waals surface area contributed by atoms with Gasteiger partial charge in [-0.15, -0.1) is 0 Å². The maximum absolute atomic E-state index is 11.5. The third-order valence-electron chi connectivity index (χ3n) is 21.0. The zero-order valence-electron chi connectivity index (χ0n) is 58.3. The first kappa shape index (κ1) is 70.7. The van der Waals surface area contributed by atoms with Gasteiger partial charge in [-0.2, -0.15) is 0 Å². The molecule has 0 spiro atoms. The van der Waals surface area contributed by atoms with Crippen LogP contribution in [-0.2, 0) is 4.79 Å². The Morgan fingerprint density at radius 2 is 0.700 bits per heavy atom. The maximum atomic E-state index is 11.5. The maximum Gasteiger partial charge on any atom is 0.303 e. The number of carboxylic acids is 1. The molecule has 516 valence electrons. The number of benzene rings is 9. The van der Waals surface area contributed by atoms with Crippen molar-refractivity contribution in [1.82, 2.24) is 14.7 Å². The number of likely N-dealkylation sites (tertiary alicyclic amines) is 3. The number of aliphatic hydroxyl groups is 2. The summed E-state index contributed by atoms with van der Waals surface area (Å²) in [6.45, 7) is 11.9. The molecule has 0 radical (unpaired) electrons. The second kappa shape index (κ2) is 34.3. The summed E-state index contributed by atoms with van der Waals surface area (Å²) in [6, 6.07) is 82.3. The van der Waals surface area contributed by atoms with E-state index < -0.39 is 5.97 Å². The summed E-state index contributed by atoms with van der Waals surface area (Å²) in [5.41, 5.74) is 20.5. The Labute approximate surface area is 592 Å². The van der Waals surface area contributed by atoms with E-state index in [0.29, 0.717) is 43.1 Å². The fraction of sp³-hybridized carbons (Fsp3) is 0.322. The Morgan fingerprint density at radius 3 is 1.04 bits per heavy atom. The van der Waals surface area contributed by atoms with Crippen LogP contribution in [0.4, 0.5) is 0 Å². The molecule has 5 aliphatic rings. The predicted molar refractivity (Wildman–Crippen MR) is 408 cm³/mol. The number of nitrogens with zero attached hydrogens (tertiary/aromatic N) is 3. The van der Waals surface area contributed by atoms with Crippen LogP contribution >= 0.6 is 0 Å². The summed E-state index contributed by atoms with van der Waals surface area (Å²) in [5, 5.41) is 58.9. The SMILES string of the molecule is CC(C)N1CCC(c2ccc(/C(=C(/CCCO)c3ccccc3)c3cccc(O)c3)cc2)C1.O=C(O)CC/C(=C(\c1ccc(O)cc1)c1ccc(C2CCN(C3CC3)C2)cc1)c1ccccc1.OCCC/C(=C(/c1ccc(C2CCN(C3CC3)C2)cc1)c1cccc(O)c1)c1ccccc1. The van der Waals surface area contributed by atoms with Crippen molar-refractivity contribution in [2.24, 2.45) is 0 Å². The number of phenols is 3. The lowest BCUT2D eigenvalue weighted by Crippen LogP contribution is -2.27. The molecule has 0 amide bonds. The fourth-order valence-electron chi connectivity index (χ4n) is 15.4. The smallest absolute Gasteiger partial charge is 0.303 e. The van der Waals surface area contributed by atoms with E-state index >= 15 is 0 Å². The minimum atomic E-state index is -0.810. The van der Waals surface area contributed by atoms with Crippen LogP contribution in [-0.4, -0.2) is 122 Å². The molecular formula is C90H99N3O7. The minimum Gasteiger partial charge on any atom is -0.508 e. The molecule has 10 heteroatoms. The molecular weight excluding hydrogens is 1240 g/mol. The summed E-state index contributed by atoms with van der Waals surface area (Å²) < 4.78 is 0. The molecule has 0 bridgehead atoms. The van der Waals surface area contributed by atoms with Crippen LogP contribution in [0, 0.1) is 0 Å². The van der Waals surface area contributed by atoms with E-state index in [1.54, 1.807) is 24.3 Å². The number of allylic oxidation sites excluding steroid dienone is 3. The van der Waals surface area contributed by atoms with Gasteiger partial charge >= 0.3 is 5.97 Å². The Morgan fingerprint density at radius 1 is 0.360 bits per heavy atom. The quantitative estimate of drug-likeness (QED) is 0.0323. The van der Waals surface area contributed by atoms with Crippen molar-refractivity contribution in [3.8, 4) is 17.2 Å². The second-order valence-corrected chi connectivity index (χ2v) is 28.2. The second-order valence-electron chi connectivity index (χ2n) is 28.2. The highest BCUT2D eigenvalue weighted by Crippen LogP contribution is 2.43. The van der Waals surface area contributed by atoms with Crippen molar-refractivity contribution in [3.63, 3.8) is 0 Å². The van der Waals surface area contributed by atoms with E-state index in [1.165, 1.54) is 92.4 Å². The van der Waals surface area contributed by atoms with E-state index in [4.69, 9.17) is 0 Å². The summed E-state index contributed by atoms with van der Waals surface area (Å²) in [6.07, 6.45) is 12.5. The van der Waals surface area contributed by atoms with Crippen LogP contribution in [0.2, 0.25) is 0 Å². The fourth-order valence-corrected chi connectivity index (χ4v) is 15.4. The van der Waals surface area contributed by atoms with E-state index in [9.17, 15) is 35.4 Å². The van der Waals surface area contributed by atoms with Gasteiger partial charge in [0, 0.05) is 57.4 Å². The van der Waals surface area contributed by atoms with Crippen LogP contribution in [0.25, 0.3) is 33.4 Å². The van der Waals surface area contributed by atoms with Crippen molar-refractivity contribution in [1.29, 1.82) is 0 Å². The monoisotopic (exact) mass is 1330 g/mol. The lowest BCUT2D eigenvalue weighted by atomic mass is 9.86. The number of phenolic OH excluding ortho intramolecular Hbond substituents is 3. The summed E-state index contributed by atoms with van der Waals surface area (Å²) >= 11 is 0. The van der Waals surface area contributed by atoms with Gasteiger partial charge in [-0.05, 0) is 265 Å². The number of aromatic hydroxyl groups is 3. The van der Waals surface area contributed by atoms with E-state index in [1.807, 2.05) is 78.9 Å². The zero-order valence-corrected chi connectivity index (χ0v) is 58.3. The molecule has 2 saturated carbocycles. The summed E-state index contributed by atoms with van der Waals surface area (Å²) in [5.74, 6) is 1.71. The van der Waals surface area contributed by atoms with Crippen molar-refractivity contribution in [2.45, 2.75) is 133 Å². The summed E-state index contributed by atoms with van der Waals surface area (Å²) in [4.78, 5) is 19.3. The highest BCUT2D eigenvalue weighted by Gasteiger charge is 2.36. The molecule has 10 nitrogen and oxygen atoms in total. The number of hydrogen-bond donors (Lipinski definition) is 6. The van der Waals surface area contributed by atoms with Crippen LogP contribution < -0.4 is 0 Å². The molecule has 100 heavy (non-hydrogen) atoms. The van der Waals surface area contributed by atoms with Crippen molar-refractivity contribution in [2.75, 3.05) is 52.5 Å². The summed E-state index contributed by atoms with van der Waals surface area (Å²) in [7, 11) is 0. The van der Waals surface area contributed by atoms with Crippen LogP contribution in [0.5, 0.6) is 17.2 Å². The van der Waals surface area contributed by atoms with Gasteiger partial charge in [0.1, 0.15) is 17.2 Å². The highest BCUT2D eigenvalue weighted by atomic mass is 16.4. The normalized spacial score (nSPS) is 18.7. The lowest BCUT2D eigenvalue weighted by Gasteiger charge is -2.21. The molecule has 0 aromatic heterocycles. The first-order valence-electron chi connectivity index (χ1n) is 36.6. The molecule has 3 saturated heterocycles. The standard InChI is InChI=1S/C30H31NO3.C30H33NO2.C30H35NO2/c32-27-14-10-24(11-15-27)30(28(16-17-29(33)34)22-4-2-1-3-5-22)23-8-6-21(7-9-23)25-18-19-31(20-25)26-12-13-26;32-19-5-10-29(23-6-2-1-3-7-23)30(25-8-4-9-28(33)20-25)24-13-11-22(12-14-24)26-17-18-31(21-26)27-15-16-27;1-22(2)31-18-17-27(21-31)23-13-15-25(16-14-23)30(26-10-6-11-28(33)20-26)29(12-7-19-32)24-8-4-3-5-9-24/h1-11,14-15,25-26,32H,12-13,16-20H2,(H,33,34);1-4,6-9,11-14,20,26-27,32-33H,5,10,15-19,21H2;3-6,8-11,13-16,20,22,27,32-33H,7,12,17-19,21H2,1-2H3/b30-28+;2*30-29+. The Balaban J connectivity index is 0.000000142. The number of aliphatic hydroxyl groups excluding tert-OH is 2. The topological polar surface area (TPSA) is 148 Å². The minimum absolute atomic E-state index is 0.0585. The number of carboxylic acid groups (broad SMARTS) is 1. The average molecular weight is 1330 g/mol. The molecule has 6 N–H and O–H groups in total. The molecule has 9 aromatic carbocycles. The van der Waals surface area contributed by atoms with Gasteiger partial charge in [-0.25, -0.2) is 0 Å². The van der Waals surface area contributed by atoms with Gasteiger partial charge in [-0.1, -0.05) is 200 Å². The average Bonchev–Trinajstić information content (AvgIpc) is 1.03. The Kier molecular flexibility index (Phi) is 24.3. The Hall–Kier alpha value is -9.13. The van der Waals surface area contributed by atoms with Crippen LogP contribution in [0.1, 0.15) is 182 Å². The van der Waals surface area contributed by atoms with Gasteiger partial charge < -0.3 is 35.5 Å². The van der Waals surface area contributed by atoms with Gasteiger partial charge in [0.15, 0.2) is 0 Å². The molecule has 2 aliphatic carbocycles. The number of aliphatic carboxylic acids is 1. The predicted octanol–water partition coefficient (Wildman–Crippen LogP) is 18.6. The molecule has 3 atom stereocenters. The van der Waals surface area contributed by atoms with E-state index in [0.717, 1.165) is 117 Å². The molecule has 3 aliphatic heterocycles. The van der Waals surface area contributed by atoms with Crippen molar-refractivity contribution >= 4 is 39.4 Å². The van der Waals surface area contributed by atoms with E-state index in [-0.39, 0.29) is 36.9 Å². The molecule has 9 aromatic rings. The zero-order chi connectivity index (χ0) is 69.3. The molecule has 14 rings (SSSR count). The van der Waals surface area contributed by atoms with Gasteiger partial charge in [0.25, 0.3) is 0 Å². The van der Waals surface area contributed by atoms with Crippen LogP contribution in [0.3, 0.4) is 0 Å². The third-order valence-corrected chi connectivity index (χ3v) is 21.0. The number of carbonyl (C=O) groups is 1. The number of rotatable bonds is 24. The van der Waals surface area contributed by atoms with Crippen LogP contribution in [0.15, 0.2) is 237 Å². The molecule has 3 heterocycles. The first-order valence-corrected chi connectivity index (χ1v) is 36.6.